The Labute approximate surface area is 176 Å². The molecule has 3 unspecified atom stereocenters. The number of aromatic nitrogens is 1. The zero-order valence-corrected chi connectivity index (χ0v) is 17.1. The fourth-order valence-corrected chi connectivity index (χ4v) is 3.73. The van der Waals surface area contributed by atoms with E-state index >= 15 is 0 Å². The molecule has 0 saturated carbocycles. The van der Waals surface area contributed by atoms with E-state index in [-0.39, 0.29) is 40.3 Å². The molecule has 1 aromatic heterocycles. The maximum Gasteiger partial charge on any atom is 0.387 e. The molecule has 7 nitrogen and oxygen atoms in total. The summed E-state index contributed by atoms with van der Waals surface area (Å²) in [7, 11) is 0. The fraction of sp³-hybridized carbons (Fsp3) is 0.381. The minimum Gasteiger partial charge on any atom is -0.434 e. The molecule has 4 atom stereocenters. The highest BCUT2D eigenvalue weighted by molar-refractivity contribution is 5.97. The number of anilines is 1. The van der Waals surface area contributed by atoms with Gasteiger partial charge in [0, 0.05) is 28.9 Å². The summed E-state index contributed by atoms with van der Waals surface area (Å²) in [6.07, 6.45) is -0.143. The monoisotopic (exact) mass is 437 g/mol. The van der Waals surface area contributed by atoms with Crippen LogP contribution in [0.3, 0.4) is 0 Å². The van der Waals surface area contributed by atoms with Crippen LogP contribution < -0.4 is 15.8 Å². The van der Waals surface area contributed by atoms with Gasteiger partial charge < -0.3 is 20.5 Å². The van der Waals surface area contributed by atoms with Gasteiger partial charge in [-0.2, -0.15) is 8.78 Å². The van der Waals surface area contributed by atoms with Gasteiger partial charge in [-0.15, -0.1) is 0 Å². The third-order valence-corrected chi connectivity index (χ3v) is 5.47. The minimum absolute atomic E-state index is 0.0368. The number of carbonyl (C=O) groups is 2. The SMILES string of the molecule is Cc1c(F)ccc(C2C(C)C(C)O[C@H]2C(=O)Nc2ccnc(C(N)=O)c2)c1OC(F)F. The molecule has 2 amide bonds. The van der Waals surface area contributed by atoms with Crippen molar-refractivity contribution in [1.82, 2.24) is 4.98 Å². The third kappa shape index (κ3) is 4.63. The van der Waals surface area contributed by atoms with Crippen molar-refractivity contribution in [2.75, 3.05) is 5.32 Å². The molecule has 2 aromatic rings. The molecule has 0 spiro atoms. The average molecular weight is 437 g/mol. The van der Waals surface area contributed by atoms with Gasteiger partial charge in [-0.05, 0) is 38.0 Å². The minimum atomic E-state index is -3.16. The van der Waals surface area contributed by atoms with E-state index in [1.165, 1.54) is 31.3 Å². The molecule has 2 heterocycles. The number of rotatable bonds is 6. The lowest BCUT2D eigenvalue weighted by Gasteiger charge is -2.24. The topological polar surface area (TPSA) is 104 Å². The molecule has 3 N–H and O–H groups in total. The van der Waals surface area contributed by atoms with Crippen LogP contribution in [0.5, 0.6) is 5.75 Å². The van der Waals surface area contributed by atoms with Gasteiger partial charge in [-0.1, -0.05) is 13.0 Å². The quantitative estimate of drug-likeness (QED) is 0.721. The number of halogens is 3. The van der Waals surface area contributed by atoms with Crippen molar-refractivity contribution in [1.29, 1.82) is 0 Å². The van der Waals surface area contributed by atoms with Crippen molar-refractivity contribution < 1.29 is 32.2 Å². The maximum absolute atomic E-state index is 14.0. The van der Waals surface area contributed by atoms with Crippen LogP contribution in [0.1, 0.15) is 41.4 Å². The second-order valence-electron chi connectivity index (χ2n) is 7.40. The van der Waals surface area contributed by atoms with Gasteiger partial charge in [0.05, 0.1) is 6.10 Å². The number of nitrogens with zero attached hydrogens (tertiary/aromatic N) is 1. The van der Waals surface area contributed by atoms with Gasteiger partial charge in [0.1, 0.15) is 23.4 Å². The first-order valence-electron chi connectivity index (χ1n) is 9.56. The molecule has 0 radical (unpaired) electrons. The van der Waals surface area contributed by atoms with E-state index in [0.29, 0.717) is 0 Å². The second kappa shape index (κ2) is 8.93. The number of hydrogen-bond donors (Lipinski definition) is 2. The number of amides is 2. The number of alkyl halides is 2. The van der Waals surface area contributed by atoms with Crippen molar-refractivity contribution in [3.05, 3.63) is 53.1 Å². The summed E-state index contributed by atoms with van der Waals surface area (Å²) in [6, 6.07) is 5.26. The van der Waals surface area contributed by atoms with E-state index < -0.39 is 36.3 Å². The van der Waals surface area contributed by atoms with Crippen LogP contribution in [0, 0.1) is 18.7 Å². The highest BCUT2D eigenvalue weighted by atomic mass is 19.3. The number of hydrogen-bond acceptors (Lipinski definition) is 5. The Hall–Kier alpha value is -3.14. The first kappa shape index (κ1) is 22.5. The zero-order chi connectivity index (χ0) is 22.9. The normalized spacial score (nSPS) is 23.1. The number of pyridine rings is 1. The highest BCUT2D eigenvalue weighted by Gasteiger charge is 2.46. The Balaban J connectivity index is 1.96. The Morgan fingerprint density at radius 2 is 1.97 bits per heavy atom. The molecule has 3 rings (SSSR count). The summed E-state index contributed by atoms with van der Waals surface area (Å²) in [6.45, 7) is 1.74. The zero-order valence-electron chi connectivity index (χ0n) is 17.1. The fourth-order valence-electron chi connectivity index (χ4n) is 3.73. The molecule has 1 aliphatic heterocycles. The first-order valence-corrected chi connectivity index (χ1v) is 9.56. The molecule has 1 aliphatic rings. The van der Waals surface area contributed by atoms with Gasteiger partial charge in [-0.3, -0.25) is 14.6 Å². The van der Waals surface area contributed by atoms with Crippen molar-refractivity contribution in [2.45, 2.75) is 45.5 Å². The second-order valence-corrected chi connectivity index (χ2v) is 7.40. The predicted octanol–water partition coefficient (Wildman–Crippen LogP) is 3.38. The number of nitrogens with two attached hydrogens (primary N) is 1. The predicted molar refractivity (Wildman–Crippen MR) is 105 cm³/mol. The van der Waals surface area contributed by atoms with E-state index in [1.54, 1.807) is 6.92 Å². The third-order valence-electron chi connectivity index (χ3n) is 5.47. The van der Waals surface area contributed by atoms with E-state index in [0.717, 1.165) is 6.07 Å². The van der Waals surface area contributed by atoms with E-state index in [1.807, 2.05) is 6.92 Å². The van der Waals surface area contributed by atoms with Crippen LogP contribution in [-0.4, -0.2) is 35.6 Å². The summed E-state index contributed by atoms with van der Waals surface area (Å²) in [5, 5.41) is 2.63. The lowest BCUT2D eigenvalue weighted by molar-refractivity contribution is -0.127. The van der Waals surface area contributed by atoms with Gasteiger partial charge in [0.15, 0.2) is 0 Å². The molecular formula is C21H22F3N3O4. The number of primary amides is 1. The summed E-state index contributed by atoms with van der Waals surface area (Å²) >= 11 is 0. The molecule has 31 heavy (non-hydrogen) atoms. The van der Waals surface area contributed by atoms with E-state index in [9.17, 15) is 22.8 Å². The van der Waals surface area contributed by atoms with Crippen LogP contribution in [-0.2, 0) is 9.53 Å². The smallest absolute Gasteiger partial charge is 0.387 e. The summed E-state index contributed by atoms with van der Waals surface area (Å²) in [5.74, 6) is -3.27. The summed E-state index contributed by atoms with van der Waals surface area (Å²) in [4.78, 5) is 28.1. The van der Waals surface area contributed by atoms with E-state index in [4.69, 9.17) is 10.5 Å². The molecule has 1 fully saturated rings. The van der Waals surface area contributed by atoms with Gasteiger partial charge in [0.2, 0.25) is 0 Å². The molecule has 10 heteroatoms. The van der Waals surface area contributed by atoms with Gasteiger partial charge in [-0.25, -0.2) is 4.39 Å². The molecule has 1 saturated heterocycles. The van der Waals surface area contributed by atoms with Crippen molar-refractivity contribution in [2.24, 2.45) is 11.7 Å². The van der Waals surface area contributed by atoms with Crippen LogP contribution >= 0.6 is 0 Å². The van der Waals surface area contributed by atoms with Crippen molar-refractivity contribution in [3.63, 3.8) is 0 Å². The molecule has 0 bridgehead atoms. The number of nitrogens with one attached hydrogen (secondary N) is 1. The number of carbonyl (C=O) groups excluding carboxylic acids is 2. The summed E-state index contributed by atoms with van der Waals surface area (Å²) in [5.41, 5.74) is 5.61. The molecular weight excluding hydrogens is 415 g/mol. The van der Waals surface area contributed by atoms with Crippen LogP contribution in [0.25, 0.3) is 0 Å². The molecule has 166 valence electrons. The van der Waals surface area contributed by atoms with Crippen molar-refractivity contribution in [3.8, 4) is 5.75 Å². The van der Waals surface area contributed by atoms with Crippen LogP contribution in [0.4, 0.5) is 18.9 Å². The Kier molecular flexibility index (Phi) is 6.49. The highest BCUT2D eigenvalue weighted by Crippen LogP contribution is 2.45. The average Bonchev–Trinajstić information content (AvgIpc) is 3.00. The number of ether oxygens (including phenoxy) is 2. The number of benzene rings is 1. The van der Waals surface area contributed by atoms with Gasteiger partial charge in [0.25, 0.3) is 11.8 Å². The Morgan fingerprint density at radius 1 is 1.26 bits per heavy atom. The summed E-state index contributed by atoms with van der Waals surface area (Å²) < 4.78 is 50.5. The maximum atomic E-state index is 14.0. The lowest BCUT2D eigenvalue weighted by Crippen LogP contribution is -2.33. The lowest BCUT2D eigenvalue weighted by atomic mass is 9.81. The molecule has 0 aliphatic carbocycles. The van der Waals surface area contributed by atoms with Gasteiger partial charge >= 0.3 is 6.61 Å². The van der Waals surface area contributed by atoms with E-state index in [2.05, 4.69) is 15.0 Å². The largest absolute Gasteiger partial charge is 0.434 e. The van der Waals surface area contributed by atoms with Crippen LogP contribution in [0.2, 0.25) is 0 Å². The Morgan fingerprint density at radius 3 is 2.61 bits per heavy atom. The molecule has 1 aromatic carbocycles. The standard InChI is InChI=1S/C21H22F3N3O4/c1-9-11(3)30-18(20(29)27-12-6-7-26-15(8-12)19(25)28)16(9)13-4-5-14(22)10(2)17(13)31-21(23)24/h4-9,11,16,18,21H,1-3H3,(H2,25,28)(H,26,27,29)/t9?,11?,16?,18-/m1/s1. The van der Waals surface area contributed by atoms with Crippen molar-refractivity contribution >= 4 is 17.5 Å². The first-order chi connectivity index (χ1) is 14.6. The Bertz CT molecular complexity index is 1000. The van der Waals surface area contributed by atoms with Crippen LogP contribution in [0.15, 0.2) is 30.5 Å².